The van der Waals surface area contributed by atoms with E-state index >= 15 is 0 Å². The molecule has 0 atom stereocenters. The Hall–Kier alpha value is -3.97. The van der Waals surface area contributed by atoms with Gasteiger partial charge in [0.25, 0.3) is 5.69 Å². The Morgan fingerprint density at radius 2 is 1.88 bits per heavy atom. The highest BCUT2D eigenvalue weighted by Gasteiger charge is 2.25. The number of carbonyl (C=O) groups is 1. The number of rotatable bonds is 6. The molecule has 0 unspecified atom stereocenters. The van der Waals surface area contributed by atoms with Crippen LogP contribution in [0.5, 0.6) is 5.75 Å². The number of hydrogen-bond acceptors (Lipinski definition) is 6. The third-order valence-corrected chi connectivity index (χ3v) is 5.18. The van der Waals surface area contributed by atoms with Crippen LogP contribution in [-0.4, -0.2) is 16.8 Å². The van der Waals surface area contributed by atoms with E-state index in [2.05, 4.69) is 4.99 Å². The zero-order valence-electron chi connectivity index (χ0n) is 16.9. The maximum absolute atomic E-state index is 12.4. The van der Waals surface area contributed by atoms with Crippen molar-refractivity contribution in [1.82, 2.24) is 0 Å². The van der Waals surface area contributed by atoms with Gasteiger partial charge in [0, 0.05) is 33.3 Å². The van der Waals surface area contributed by atoms with Gasteiger partial charge in [-0.15, -0.1) is 0 Å². The number of esters is 1. The molecule has 0 radical (unpaired) electrons. The van der Waals surface area contributed by atoms with Crippen LogP contribution in [0.25, 0.3) is 6.08 Å². The number of cyclic esters (lactones) is 1. The number of benzene rings is 3. The molecule has 7 nitrogen and oxygen atoms in total. The van der Waals surface area contributed by atoms with Gasteiger partial charge in [-0.2, -0.15) is 0 Å². The number of aliphatic imine (C=N–C) groups is 1. The van der Waals surface area contributed by atoms with Crippen LogP contribution in [0, 0.1) is 17.0 Å². The first-order valence-corrected chi connectivity index (χ1v) is 10.0. The zero-order chi connectivity index (χ0) is 22.7. The predicted molar refractivity (Wildman–Crippen MR) is 121 cm³/mol. The molecule has 160 valence electrons. The van der Waals surface area contributed by atoms with Gasteiger partial charge in [-0.1, -0.05) is 48.0 Å². The molecule has 1 aliphatic rings. The van der Waals surface area contributed by atoms with Gasteiger partial charge in [0.1, 0.15) is 12.4 Å². The molecule has 1 aliphatic heterocycles. The fourth-order valence-electron chi connectivity index (χ4n) is 3.18. The van der Waals surface area contributed by atoms with E-state index < -0.39 is 10.9 Å². The fourth-order valence-corrected chi connectivity index (χ4v) is 3.37. The predicted octanol–water partition coefficient (Wildman–Crippen LogP) is 5.48. The summed E-state index contributed by atoms with van der Waals surface area (Å²) in [5.74, 6) is 0.0353. The van der Waals surface area contributed by atoms with Crippen molar-refractivity contribution in [1.29, 1.82) is 0 Å². The number of halogens is 1. The van der Waals surface area contributed by atoms with E-state index in [1.165, 1.54) is 12.1 Å². The number of aryl methyl sites for hydroxylation is 1. The molecule has 0 amide bonds. The molecule has 0 saturated heterocycles. The topological polar surface area (TPSA) is 91.0 Å². The van der Waals surface area contributed by atoms with Crippen LogP contribution in [0.1, 0.15) is 22.3 Å². The summed E-state index contributed by atoms with van der Waals surface area (Å²) in [5, 5.41) is 11.6. The second-order valence-electron chi connectivity index (χ2n) is 7.01. The van der Waals surface area contributed by atoms with Crippen molar-refractivity contribution in [2.45, 2.75) is 13.5 Å². The molecule has 0 fully saturated rings. The van der Waals surface area contributed by atoms with Crippen LogP contribution in [-0.2, 0) is 16.1 Å². The Morgan fingerprint density at radius 1 is 1.12 bits per heavy atom. The average molecular weight is 449 g/mol. The van der Waals surface area contributed by atoms with Crippen LogP contribution in [0.4, 0.5) is 5.69 Å². The highest BCUT2D eigenvalue weighted by Crippen LogP contribution is 2.27. The summed E-state index contributed by atoms with van der Waals surface area (Å²) in [5.41, 5.74) is 2.50. The van der Waals surface area contributed by atoms with E-state index in [0.29, 0.717) is 27.5 Å². The van der Waals surface area contributed by atoms with Crippen LogP contribution < -0.4 is 4.74 Å². The minimum atomic E-state index is -0.614. The summed E-state index contributed by atoms with van der Waals surface area (Å²) < 4.78 is 11.2. The van der Waals surface area contributed by atoms with Gasteiger partial charge in [-0.25, -0.2) is 9.79 Å². The first-order valence-electron chi connectivity index (χ1n) is 9.65. The van der Waals surface area contributed by atoms with E-state index in [1.54, 1.807) is 37.3 Å². The molecule has 3 aromatic rings. The number of ether oxygens (including phenoxy) is 2. The SMILES string of the molecule is Cc1cc(C2=N/C(=C\c3ccccc3OCc3ccccc3Cl)C(=O)O2)ccc1[N+](=O)[O-]. The largest absolute Gasteiger partial charge is 0.488 e. The molecular weight excluding hydrogens is 432 g/mol. The third kappa shape index (κ3) is 4.53. The molecule has 8 heteroatoms. The van der Waals surface area contributed by atoms with Crippen LogP contribution in [0.3, 0.4) is 0 Å². The number of nitro groups is 1. The Balaban J connectivity index is 1.59. The molecule has 0 saturated carbocycles. The van der Waals surface area contributed by atoms with Crippen LogP contribution in [0.15, 0.2) is 77.4 Å². The average Bonchev–Trinajstić information content (AvgIpc) is 3.14. The first-order chi connectivity index (χ1) is 15.4. The minimum Gasteiger partial charge on any atom is -0.488 e. The van der Waals surface area contributed by atoms with E-state index in [0.717, 1.165) is 5.56 Å². The second-order valence-corrected chi connectivity index (χ2v) is 7.42. The maximum atomic E-state index is 12.4. The first kappa shape index (κ1) is 21.3. The molecule has 1 heterocycles. The molecule has 3 aromatic carbocycles. The molecular formula is C24H17ClN2O5. The van der Waals surface area contributed by atoms with Crippen molar-refractivity contribution >= 4 is 35.2 Å². The van der Waals surface area contributed by atoms with Crippen molar-refractivity contribution in [3.05, 3.63) is 110 Å². The summed E-state index contributed by atoms with van der Waals surface area (Å²) in [7, 11) is 0. The maximum Gasteiger partial charge on any atom is 0.363 e. The second kappa shape index (κ2) is 9.03. The zero-order valence-corrected chi connectivity index (χ0v) is 17.7. The molecule has 0 bridgehead atoms. The summed E-state index contributed by atoms with van der Waals surface area (Å²) in [6.45, 7) is 1.88. The Morgan fingerprint density at radius 3 is 2.62 bits per heavy atom. The molecule has 32 heavy (non-hydrogen) atoms. The van der Waals surface area contributed by atoms with E-state index in [9.17, 15) is 14.9 Å². The highest BCUT2D eigenvalue weighted by atomic mass is 35.5. The Bertz CT molecular complexity index is 1280. The molecule has 0 aromatic heterocycles. The lowest BCUT2D eigenvalue weighted by atomic mass is 10.1. The lowest BCUT2D eigenvalue weighted by Gasteiger charge is -2.10. The number of carbonyl (C=O) groups excluding carboxylic acids is 1. The van der Waals surface area contributed by atoms with Gasteiger partial charge in [0.05, 0.1) is 4.92 Å². The van der Waals surface area contributed by atoms with Crippen LogP contribution >= 0.6 is 11.6 Å². The molecule has 4 rings (SSSR count). The normalized spacial score (nSPS) is 14.2. The number of nitro benzene ring substituents is 1. The van der Waals surface area contributed by atoms with Crippen molar-refractivity contribution < 1.29 is 19.2 Å². The fraction of sp³-hybridized carbons (Fsp3) is 0.0833. The molecule has 0 N–H and O–H groups in total. The quantitative estimate of drug-likeness (QED) is 0.215. The molecule has 0 spiro atoms. The van der Waals surface area contributed by atoms with E-state index in [1.807, 2.05) is 30.3 Å². The van der Waals surface area contributed by atoms with Crippen molar-refractivity contribution in [2.75, 3.05) is 0 Å². The van der Waals surface area contributed by atoms with Gasteiger partial charge >= 0.3 is 5.97 Å². The van der Waals surface area contributed by atoms with Crippen LogP contribution in [0.2, 0.25) is 5.02 Å². The number of hydrogen-bond donors (Lipinski definition) is 0. The molecule has 0 aliphatic carbocycles. The third-order valence-electron chi connectivity index (χ3n) is 4.81. The number of para-hydroxylation sites is 1. The summed E-state index contributed by atoms with van der Waals surface area (Å²) >= 11 is 6.19. The Kier molecular flexibility index (Phi) is 6.00. The standard InChI is InChI=1S/C24H17ClN2O5/c1-15-12-17(10-11-21(15)27(29)30)23-26-20(24(28)32-23)13-16-6-3-5-9-22(16)31-14-18-7-2-4-8-19(18)25/h2-13H,14H2,1H3/b20-13-. The number of nitrogens with zero attached hydrogens (tertiary/aromatic N) is 2. The van der Waals surface area contributed by atoms with Gasteiger partial charge in [0.15, 0.2) is 5.70 Å². The van der Waals surface area contributed by atoms with E-state index in [4.69, 9.17) is 21.1 Å². The lowest BCUT2D eigenvalue weighted by molar-refractivity contribution is -0.385. The van der Waals surface area contributed by atoms with Gasteiger partial charge in [-0.05, 0) is 37.3 Å². The van der Waals surface area contributed by atoms with Gasteiger partial charge in [0.2, 0.25) is 5.90 Å². The summed E-state index contributed by atoms with van der Waals surface area (Å²) in [6, 6.07) is 19.0. The van der Waals surface area contributed by atoms with Crippen molar-refractivity contribution in [2.24, 2.45) is 4.99 Å². The highest BCUT2D eigenvalue weighted by molar-refractivity contribution is 6.31. The monoisotopic (exact) mass is 448 g/mol. The summed E-state index contributed by atoms with van der Waals surface area (Å²) in [4.78, 5) is 27.2. The smallest absolute Gasteiger partial charge is 0.363 e. The van der Waals surface area contributed by atoms with Gasteiger partial charge < -0.3 is 9.47 Å². The lowest BCUT2D eigenvalue weighted by Crippen LogP contribution is -2.06. The summed E-state index contributed by atoms with van der Waals surface area (Å²) in [6.07, 6.45) is 1.58. The Labute approximate surface area is 188 Å². The van der Waals surface area contributed by atoms with Crippen molar-refractivity contribution in [3.8, 4) is 5.75 Å². The minimum absolute atomic E-state index is 0.0148. The van der Waals surface area contributed by atoms with Gasteiger partial charge in [-0.3, -0.25) is 10.1 Å². The van der Waals surface area contributed by atoms with E-state index in [-0.39, 0.29) is 23.9 Å². The van der Waals surface area contributed by atoms with Crippen molar-refractivity contribution in [3.63, 3.8) is 0 Å².